The number of carbonyl (C=O) groups is 1. The molecule has 4 nitrogen and oxygen atoms in total. The summed E-state index contributed by atoms with van der Waals surface area (Å²) in [6.07, 6.45) is 0.134. The fourth-order valence-electron chi connectivity index (χ4n) is 1.64. The number of anilines is 1. The van der Waals surface area contributed by atoms with Gasteiger partial charge in [-0.1, -0.05) is 13.8 Å². The Morgan fingerprint density at radius 1 is 1.26 bits per heavy atom. The summed E-state index contributed by atoms with van der Waals surface area (Å²) in [4.78, 5) is 11.9. The predicted octanol–water partition coefficient (Wildman–Crippen LogP) is 2.70. The molecule has 0 aromatic heterocycles. The normalized spacial score (nSPS) is 12.6. The molecule has 19 heavy (non-hydrogen) atoms. The topological polar surface area (TPSA) is 64.3 Å². The molecule has 0 spiro atoms. The third-order valence-electron chi connectivity index (χ3n) is 2.85. The zero-order valence-corrected chi connectivity index (χ0v) is 12.4. The average Bonchev–Trinajstić information content (AvgIpc) is 2.30. The maximum Gasteiger partial charge on any atom is 0.241 e. The van der Waals surface area contributed by atoms with Crippen LogP contribution in [0.1, 0.15) is 33.3 Å². The highest BCUT2D eigenvalue weighted by Crippen LogP contribution is 2.22. The van der Waals surface area contributed by atoms with Crippen LogP contribution in [0.25, 0.3) is 0 Å². The number of carbonyl (C=O) groups excluding carboxylic acids is 1. The summed E-state index contributed by atoms with van der Waals surface area (Å²) in [7, 11) is 0. The number of nitrogens with one attached hydrogen (secondary N) is 1. The number of hydrogen-bond acceptors (Lipinski definition) is 3. The number of benzene rings is 1. The lowest BCUT2D eigenvalue weighted by molar-refractivity contribution is -0.118. The second kappa shape index (κ2) is 6.57. The highest BCUT2D eigenvalue weighted by molar-refractivity contribution is 5.95. The van der Waals surface area contributed by atoms with Crippen LogP contribution in [0.4, 0.5) is 5.69 Å². The third-order valence-corrected chi connectivity index (χ3v) is 2.85. The lowest BCUT2D eigenvalue weighted by atomic mass is 10.0. The fraction of sp³-hybridized carbons (Fsp3) is 0.533. The minimum atomic E-state index is -0.494. The smallest absolute Gasteiger partial charge is 0.241 e. The molecule has 1 amide bonds. The zero-order chi connectivity index (χ0) is 14.6. The van der Waals surface area contributed by atoms with Gasteiger partial charge in [0.05, 0.1) is 12.1 Å². The van der Waals surface area contributed by atoms with Crippen LogP contribution in [0.15, 0.2) is 18.2 Å². The molecule has 1 aromatic carbocycles. The Morgan fingerprint density at radius 2 is 1.89 bits per heavy atom. The second-order valence-corrected chi connectivity index (χ2v) is 5.40. The standard InChI is InChI=1S/C15H24N2O2/c1-9(2)14(16)15(18)17-13-7-6-12(8-11(13)5)19-10(3)4/h6-10,14H,16H2,1-5H3,(H,17,18)/t14-/m0/s1. The van der Waals surface area contributed by atoms with E-state index in [-0.39, 0.29) is 17.9 Å². The third kappa shape index (κ3) is 4.56. The molecule has 3 N–H and O–H groups in total. The van der Waals surface area contributed by atoms with Crippen LogP contribution in [0.3, 0.4) is 0 Å². The molecule has 0 bridgehead atoms. The Balaban J connectivity index is 2.77. The second-order valence-electron chi connectivity index (χ2n) is 5.40. The highest BCUT2D eigenvalue weighted by atomic mass is 16.5. The van der Waals surface area contributed by atoms with E-state index < -0.39 is 6.04 Å². The summed E-state index contributed by atoms with van der Waals surface area (Å²) in [6.45, 7) is 9.75. The first kappa shape index (κ1) is 15.5. The summed E-state index contributed by atoms with van der Waals surface area (Å²) in [5.74, 6) is 0.762. The van der Waals surface area contributed by atoms with E-state index in [0.29, 0.717) is 0 Å². The number of hydrogen-bond donors (Lipinski definition) is 2. The molecule has 1 rings (SSSR count). The van der Waals surface area contributed by atoms with E-state index in [1.54, 1.807) is 0 Å². The highest BCUT2D eigenvalue weighted by Gasteiger charge is 2.17. The van der Waals surface area contributed by atoms with Gasteiger partial charge in [0.1, 0.15) is 5.75 Å². The van der Waals surface area contributed by atoms with Crippen LogP contribution in [0.5, 0.6) is 5.75 Å². The van der Waals surface area contributed by atoms with Crippen LogP contribution in [-0.2, 0) is 4.79 Å². The zero-order valence-electron chi connectivity index (χ0n) is 12.4. The molecule has 0 unspecified atom stereocenters. The Bertz CT molecular complexity index is 442. The molecular formula is C15H24N2O2. The quantitative estimate of drug-likeness (QED) is 0.859. The summed E-state index contributed by atoms with van der Waals surface area (Å²) >= 11 is 0. The average molecular weight is 264 g/mol. The number of nitrogens with two attached hydrogens (primary N) is 1. The van der Waals surface area contributed by atoms with Crippen molar-refractivity contribution in [2.24, 2.45) is 11.7 Å². The molecule has 0 radical (unpaired) electrons. The maximum atomic E-state index is 11.9. The molecule has 0 saturated carbocycles. The number of aryl methyl sites for hydroxylation is 1. The first-order valence-corrected chi connectivity index (χ1v) is 6.65. The molecule has 0 saturated heterocycles. The number of ether oxygens (including phenoxy) is 1. The van der Waals surface area contributed by atoms with Gasteiger partial charge in [-0.25, -0.2) is 0 Å². The molecule has 0 heterocycles. The van der Waals surface area contributed by atoms with Gasteiger partial charge in [-0.15, -0.1) is 0 Å². The van der Waals surface area contributed by atoms with Gasteiger partial charge in [0.25, 0.3) is 0 Å². The molecule has 0 aliphatic rings. The summed E-state index contributed by atoms with van der Waals surface area (Å²) < 4.78 is 5.60. The Morgan fingerprint density at radius 3 is 2.37 bits per heavy atom. The van der Waals surface area contributed by atoms with E-state index in [1.165, 1.54) is 0 Å². The van der Waals surface area contributed by atoms with Crippen molar-refractivity contribution < 1.29 is 9.53 Å². The molecule has 0 aliphatic carbocycles. The van der Waals surface area contributed by atoms with E-state index >= 15 is 0 Å². The lowest BCUT2D eigenvalue weighted by Gasteiger charge is -2.17. The van der Waals surface area contributed by atoms with Gasteiger partial charge < -0.3 is 15.8 Å². The van der Waals surface area contributed by atoms with Crippen molar-refractivity contribution in [3.8, 4) is 5.75 Å². The molecule has 0 fully saturated rings. The summed E-state index contributed by atoms with van der Waals surface area (Å²) in [5, 5.41) is 2.85. The van der Waals surface area contributed by atoms with Crippen molar-refractivity contribution >= 4 is 11.6 Å². The minimum absolute atomic E-state index is 0.115. The minimum Gasteiger partial charge on any atom is -0.491 e. The van der Waals surface area contributed by atoms with Crippen LogP contribution in [-0.4, -0.2) is 18.1 Å². The fourth-order valence-corrected chi connectivity index (χ4v) is 1.64. The molecule has 0 aliphatic heterocycles. The van der Waals surface area contributed by atoms with Gasteiger partial charge >= 0.3 is 0 Å². The largest absolute Gasteiger partial charge is 0.491 e. The summed E-state index contributed by atoms with van der Waals surface area (Å²) in [6, 6.07) is 5.11. The van der Waals surface area contributed by atoms with E-state index in [2.05, 4.69) is 5.32 Å². The van der Waals surface area contributed by atoms with Gasteiger partial charge in [-0.05, 0) is 50.5 Å². The van der Waals surface area contributed by atoms with E-state index in [9.17, 15) is 4.79 Å². The predicted molar refractivity (Wildman–Crippen MR) is 78.4 cm³/mol. The van der Waals surface area contributed by atoms with Gasteiger partial charge in [-0.3, -0.25) is 4.79 Å². The molecule has 106 valence electrons. The van der Waals surface area contributed by atoms with Crippen LogP contribution in [0.2, 0.25) is 0 Å². The van der Waals surface area contributed by atoms with Gasteiger partial charge in [0.2, 0.25) is 5.91 Å². The lowest BCUT2D eigenvalue weighted by Crippen LogP contribution is -2.39. The van der Waals surface area contributed by atoms with Gasteiger partial charge in [0.15, 0.2) is 0 Å². The first-order chi connectivity index (χ1) is 8.81. The van der Waals surface area contributed by atoms with Gasteiger partial charge in [-0.2, -0.15) is 0 Å². The van der Waals surface area contributed by atoms with Crippen LogP contribution in [0, 0.1) is 12.8 Å². The Labute approximate surface area is 115 Å². The SMILES string of the molecule is Cc1cc(OC(C)C)ccc1NC(=O)[C@@H](N)C(C)C. The monoisotopic (exact) mass is 264 g/mol. The van der Waals surface area contributed by atoms with E-state index in [4.69, 9.17) is 10.5 Å². The number of rotatable bonds is 5. The van der Waals surface area contributed by atoms with Crippen molar-refractivity contribution in [2.75, 3.05) is 5.32 Å². The van der Waals surface area contributed by atoms with Crippen LogP contribution < -0.4 is 15.8 Å². The molecular weight excluding hydrogens is 240 g/mol. The van der Waals surface area contributed by atoms with Crippen molar-refractivity contribution in [3.63, 3.8) is 0 Å². The Kier molecular flexibility index (Phi) is 5.36. The maximum absolute atomic E-state index is 11.9. The molecule has 4 heteroatoms. The Hall–Kier alpha value is -1.55. The summed E-state index contributed by atoms with van der Waals surface area (Å²) in [5.41, 5.74) is 7.55. The van der Waals surface area contributed by atoms with Gasteiger partial charge in [0, 0.05) is 5.69 Å². The molecule has 1 aromatic rings. The molecule has 1 atom stereocenters. The van der Waals surface area contributed by atoms with Crippen molar-refractivity contribution in [1.82, 2.24) is 0 Å². The first-order valence-electron chi connectivity index (χ1n) is 6.65. The van der Waals surface area contributed by atoms with Crippen molar-refractivity contribution in [1.29, 1.82) is 0 Å². The van der Waals surface area contributed by atoms with E-state index in [0.717, 1.165) is 17.0 Å². The van der Waals surface area contributed by atoms with Crippen LogP contribution >= 0.6 is 0 Å². The van der Waals surface area contributed by atoms with Crippen molar-refractivity contribution in [2.45, 2.75) is 46.8 Å². The number of amides is 1. The van der Waals surface area contributed by atoms with Crippen molar-refractivity contribution in [3.05, 3.63) is 23.8 Å². The van der Waals surface area contributed by atoms with E-state index in [1.807, 2.05) is 52.8 Å².